The van der Waals surface area contributed by atoms with Gasteiger partial charge in [0.1, 0.15) is 5.41 Å². The largest absolute Gasteiger partial charge is 0.396 e. The molecule has 2 unspecified atom stereocenters. The number of halogens is 2. The summed E-state index contributed by atoms with van der Waals surface area (Å²) in [4.78, 5) is 12.9. The molecule has 0 aliphatic carbocycles. The maximum atomic E-state index is 12.9. The number of carbonyl (C=O) groups is 1. The van der Waals surface area contributed by atoms with Crippen LogP contribution in [0.3, 0.4) is 0 Å². The number of nitrogens with one attached hydrogen (secondary N) is 2. The van der Waals surface area contributed by atoms with Gasteiger partial charge in [-0.3, -0.25) is 4.79 Å². The highest BCUT2D eigenvalue weighted by Crippen LogP contribution is 2.45. The monoisotopic (exact) mass is 489 g/mol. The number of amides is 1. The van der Waals surface area contributed by atoms with Gasteiger partial charge < -0.3 is 15.7 Å². The third-order valence-corrected chi connectivity index (χ3v) is 5.64. The Hall–Kier alpha value is -2.10. The maximum Gasteiger partial charge on any atom is 0.237 e. The molecule has 2 aromatic carbocycles. The van der Waals surface area contributed by atoms with Crippen molar-refractivity contribution in [1.29, 1.82) is 5.26 Å². The molecule has 0 bridgehead atoms. The molecule has 1 aliphatic heterocycles. The van der Waals surface area contributed by atoms with Crippen molar-refractivity contribution >= 4 is 29.1 Å². The van der Waals surface area contributed by atoms with Crippen molar-refractivity contribution in [3.05, 3.63) is 69.7 Å². The summed E-state index contributed by atoms with van der Waals surface area (Å²) in [5.74, 6) is -0.643. The summed E-state index contributed by atoms with van der Waals surface area (Å²) in [5, 5.41) is 26.4. The number of aliphatic hydroxyl groups excluding tert-OH is 1. The summed E-state index contributed by atoms with van der Waals surface area (Å²) in [6.07, 6.45) is 0.473. The fraction of sp³-hybridized carbons (Fsp3) is 0.462. The SMILES string of the molecule is CC(C)(C)C.N#CC1(c2ccc(Cl)cc2)CNC(C(=O)NCCCO)[C@H]1c1cccc(Cl)c1. The molecule has 1 saturated heterocycles. The molecular weight excluding hydrogens is 457 g/mol. The van der Waals surface area contributed by atoms with E-state index in [-0.39, 0.29) is 12.5 Å². The molecule has 1 heterocycles. The minimum Gasteiger partial charge on any atom is -0.396 e. The lowest BCUT2D eigenvalue weighted by atomic mass is 9.68. The smallest absolute Gasteiger partial charge is 0.237 e. The van der Waals surface area contributed by atoms with E-state index in [1.54, 1.807) is 24.3 Å². The van der Waals surface area contributed by atoms with E-state index >= 15 is 0 Å². The highest BCUT2D eigenvalue weighted by molar-refractivity contribution is 6.30. The topological polar surface area (TPSA) is 85.2 Å². The van der Waals surface area contributed by atoms with Gasteiger partial charge in [-0.05, 0) is 47.2 Å². The molecule has 1 amide bonds. The predicted octanol–water partition coefficient (Wildman–Crippen LogP) is 5.06. The zero-order valence-electron chi connectivity index (χ0n) is 19.7. The predicted molar refractivity (Wildman–Crippen MR) is 135 cm³/mol. The second kappa shape index (κ2) is 11.9. The van der Waals surface area contributed by atoms with E-state index in [1.807, 2.05) is 24.3 Å². The summed E-state index contributed by atoms with van der Waals surface area (Å²) in [6.45, 7) is 9.44. The average molecular weight is 490 g/mol. The molecule has 3 atom stereocenters. The summed E-state index contributed by atoms with van der Waals surface area (Å²) < 4.78 is 0. The molecule has 5 nitrogen and oxygen atoms in total. The molecule has 1 fully saturated rings. The van der Waals surface area contributed by atoms with Crippen LogP contribution in [0.15, 0.2) is 48.5 Å². The van der Waals surface area contributed by atoms with Crippen LogP contribution in [0, 0.1) is 16.7 Å². The summed E-state index contributed by atoms with van der Waals surface area (Å²) in [7, 11) is 0. The van der Waals surface area contributed by atoms with Crippen LogP contribution in [0.25, 0.3) is 0 Å². The van der Waals surface area contributed by atoms with E-state index < -0.39 is 17.4 Å². The second-order valence-electron chi connectivity index (χ2n) is 9.85. The fourth-order valence-electron chi connectivity index (χ4n) is 3.81. The van der Waals surface area contributed by atoms with Crippen molar-refractivity contribution in [2.24, 2.45) is 5.41 Å². The van der Waals surface area contributed by atoms with Gasteiger partial charge in [-0.25, -0.2) is 0 Å². The van der Waals surface area contributed by atoms with Crippen LogP contribution < -0.4 is 10.6 Å². The first kappa shape index (κ1) is 27.1. The summed E-state index contributed by atoms with van der Waals surface area (Å²) in [5.41, 5.74) is 1.16. The van der Waals surface area contributed by atoms with E-state index in [0.29, 0.717) is 35.0 Å². The molecule has 3 rings (SSSR count). The fourth-order valence-corrected chi connectivity index (χ4v) is 4.13. The normalized spacial score (nSPS) is 22.1. The molecule has 7 heteroatoms. The Labute approximate surface area is 207 Å². The van der Waals surface area contributed by atoms with Gasteiger partial charge in [-0.1, -0.05) is 75.2 Å². The van der Waals surface area contributed by atoms with Crippen LogP contribution in [-0.4, -0.2) is 36.8 Å². The highest BCUT2D eigenvalue weighted by Gasteiger charge is 2.53. The van der Waals surface area contributed by atoms with Crippen molar-refractivity contribution in [3.8, 4) is 6.07 Å². The van der Waals surface area contributed by atoms with Crippen molar-refractivity contribution < 1.29 is 9.90 Å². The van der Waals surface area contributed by atoms with E-state index in [0.717, 1.165) is 11.1 Å². The molecule has 3 N–H and O–H groups in total. The lowest BCUT2D eigenvalue weighted by Crippen LogP contribution is -2.44. The molecule has 0 radical (unpaired) electrons. The number of aliphatic hydroxyl groups is 1. The van der Waals surface area contributed by atoms with E-state index in [2.05, 4.69) is 44.4 Å². The van der Waals surface area contributed by atoms with Gasteiger partial charge in [0.15, 0.2) is 0 Å². The van der Waals surface area contributed by atoms with Gasteiger partial charge in [0, 0.05) is 35.7 Å². The molecule has 0 saturated carbocycles. The van der Waals surface area contributed by atoms with E-state index in [9.17, 15) is 10.1 Å². The number of hydrogen-bond donors (Lipinski definition) is 3. The summed E-state index contributed by atoms with van der Waals surface area (Å²) in [6, 6.07) is 16.3. The number of hydrogen-bond acceptors (Lipinski definition) is 4. The number of nitriles is 1. The third-order valence-electron chi connectivity index (χ3n) is 5.15. The van der Waals surface area contributed by atoms with Gasteiger partial charge >= 0.3 is 0 Å². The zero-order chi connectivity index (χ0) is 24.6. The molecule has 178 valence electrons. The number of carbonyl (C=O) groups excluding carboxylic acids is 1. The quantitative estimate of drug-likeness (QED) is 0.494. The van der Waals surface area contributed by atoms with Crippen molar-refractivity contribution in [1.82, 2.24) is 10.6 Å². The Balaban J connectivity index is 0.000000696. The summed E-state index contributed by atoms with van der Waals surface area (Å²) >= 11 is 12.2. The van der Waals surface area contributed by atoms with E-state index in [1.165, 1.54) is 0 Å². The standard InChI is InChI=1S/C21H21Cl2N3O2.C5H12/c22-16-7-5-15(6-8-16)21(12-24)13-26-19(20(28)25-9-2-10-27)18(21)14-3-1-4-17(23)11-14;1-5(2,3)4/h1,3-8,11,18-19,26-27H,2,9-10,13H2,(H,25,28);1-4H3/t18-,19?,21?;/m1./s1. The van der Waals surface area contributed by atoms with Crippen molar-refractivity contribution in [2.75, 3.05) is 19.7 Å². The van der Waals surface area contributed by atoms with Gasteiger partial charge in [0.25, 0.3) is 0 Å². The van der Waals surface area contributed by atoms with Gasteiger partial charge in [-0.2, -0.15) is 5.26 Å². The Morgan fingerprint density at radius 2 is 1.82 bits per heavy atom. The lowest BCUT2D eigenvalue weighted by molar-refractivity contribution is -0.123. The van der Waals surface area contributed by atoms with Crippen LogP contribution >= 0.6 is 23.2 Å². The zero-order valence-corrected chi connectivity index (χ0v) is 21.2. The molecule has 0 aromatic heterocycles. The van der Waals surface area contributed by atoms with Gasteiger partial charge in [0.05, 0.1) is 12.1 Å². The molecule has 1 aliphatic rings. The molecule has 2 aromatic rings. The van der Waals surface area contributed by atoms with E-state index in [4.69, 9.17) is 28.3 Å². The number of nitrogens with zero attached hydrogens (tertiary/aromatic N) is 1. The van der Waals surface area contributed by atoms with Crippen LogP contribution in [0.5, 0.6) is 0 Å². The third kappa shape index (κ3) is 7.45. The first-order valence-electron chi connectivity index (χ1n) is 11.1. The Morgan fingerprint density at radius 1 is 1.18 bits per heavy atom. The Kier molecular flexibility index (Phi) is 9.75. The van der Waals surface area contributed by atoms with Crippen LogP contribution in [0.2, 0.25) is 10.0 Å². The maximum absolute atomic E-state index is 12.9. The lowest BCUT2D eigenvalue weighted by Gasteiger charge is -2.31. The second-order valence-corrected chi connectivity index (χ2v) is 10.7. The minimum absolute atomic E-state index is 0.00298. The highest BCUT2D eigenvalue weighted by atomic mass is 35.5. The number of benzene rings is 2. The van der Waals surface area contributed by atoms with Crippen LogP contribution in [0.4, 0.5) is 0 Å². The van der Waals surface area contributed by atoms with Crippen LogP contribution in [0.1, 0.15) is 51.2 Å². The number of rotatable bonds is 6. The van der Waals surface area contributed by atoms with Gasteiger partial charge in [0.2, 0.25) is 5.91 Å². The first-order valence-corrected chi connectivity index (χ1v) is 11.8. The van der Waals surface area contributed by atoms with Crippen LogP contribution in [-0.2, 0) is 10.2 Å². The van der Waals surface area contributed by atoms with Crippen molar-refractivity contribution in [3.63, 3.8) is 0 Å². The molecular formula is C26H33Cl2N3O2. The molecule has 0 spiro atoms. The Morgan fingerprint density at radius 3 is 2.36 bits per heavy atom. The Bertz CT molecular complexity index is 961. The average Bonchev–Trinajstić information content (AvgIpc) is 3.14. The molecule has 33 heavy (non-hydrogen) atoms. The van der Waals surface area contributed by atoms with Gasteiger partial charge in [-0.15, -0.1) is 0 Å². The minimum atomic E-state index is -0.950. The first-order chi connectivity index (χ1) is 15.5. The van der Waals surface area contributed by atoms with Crippen molar-refractivity contribution in [2.45, 2.75) is 51.5 Å².